The first-order chi connectivity index (χ1) is 16.2. The molecule has 2 heterocycles. The lowest BCUT2D eigenvalue weighted by atomic mass is 10.0. The van der Waals surface area contributed by atoms with E-state index in [1.165, 1.54) is 13.4 Å². The molecule has 0 fully saturated rings. The summed E-state index contributed by atoms with van der Waals surface area (Å²) in [4.78, 5) is 9.02. The maximum atomic E-state index is 13.6. The number of H-pyrrole nitrogens is 1. The highest BCUT2D eigenvalue weighted by Crippen LogP contribution is 2.39. The van der Waals surface area contributed by atoms with Gasteiger partial charge in [0.1, 0.15) is 5.75 Å². The van der Waals surface area contributed by atoms with Crippen molar-refractivity contribution in [3.05, 3.63) is 77.9 Å². The molecule has 1 aliphatic heterocycles. The number of nitrogens with one attached hydrogen (secondary N) is 1. The van der Waals surface area contributed by atoms with Gasteiger partial charge in [-0.25, -0.2) is 13.4 Å². The van der Waals surface area contributed by atoms with Gasteiger partial charge in [-0.1, -0.05) is 36.4 Å². The van der Waals surface area contributed by atoms with Crippen LogP contribution in [0.3, 0.4) is 0 Å². The number of fused-ring (bicyclic) bond motifs is 1. The summed E-state index contributed by atoms with van der Waals surface area (Å²) in [6, 6.07) is 14.2. The highest BCUT2D eigenvalue weighted by atomic mass is 32.2. The number of benzene rings is 2. The smallest absolute Gasteiger partial charge is 0.496 e. The maximum absolute atomic E-state index is 13.6. The van der Waals surface area contributed by atoms with E-state index in [-0.39, 0.29) is 6.54 Å². The molecule has 4 rings (SSSR count). The fraction of sp³-hybridized carbons (Fsp3) is 0.348. The Labute approximate surface area is 196 Å². The van der Waals surface area contributed by atoms with Gasteiger partial charge in [-0.2, -0.15) is 17.5 Å². The number of methoxy groups -OCH3 is 1. The second-order valence-corrected chi connectivity index (χ2v) is 10.0. The van der Waals surface area contributed by atoms with Gasteiger partial charge in [-0.3, -0.25) is 0 Å². The minimum atomic E-state index is -5.56. The van der Waals surface area contributed by atoms with Crippen molar-refractivity contribution in [2.24, 2.45) is 0 Å². The summed E-state index contributed by atoms with van der Waals surface area (Å²) in [5, 5.41) is 0. The molecule has 1 atom stereocenters. The largest absolute Gasteiger partial charge is 0.511 e. The fourth-order valence-corrected chi connectivity index (χ4v) is 5.23. The Hall–Kier alpha value is -3.05. The van der Waals surface area contributed by atoms with Crippen LogP contribution in [0.4, 0.5) is 18.9 Å². The number of aromatic amines is 1. The normalized spacial score (nSPS) is 17.3. The van der Waals surface area contributed by atoms with Crippen LogP contribution in [0.5, 0.6) is 5.75 Å². The van der Waals surface area contributed by atoms with Gasteiger partial charge in [0.15, 0.2) is 0 Å². The molecule has 0 bridgehead atoms. The van der Waals surface area contributed by atoms with Crippen LogP contribution < -0.4 is 9.64 Å². The molecule has 0 saturated heterocycles. The monoisotopic (exact) mass is 494 g/mol. The molecule has 1 N–H and O–H groups in total. The van der Waals surface area contributed by atoms with E-state index < -0.39 is 28.1 Å². The molecule has 0 radical (unpaired) electrons. The molecule has 0 aliphatic carbocycles. The van der Waals surface area contributed by atoms with Crippen LogP contribution in [-0.2, 0) is 29.5 Å². The first kappa shape index (κ1) is 24.1. The average molecular weight is 495 g/mol. The van der Waals surface area contributed by atoms with Gasteiger partial charge in [0.2, 0.25) is 0 Å². The molecule has 182 valence electrons. The van der Waals surface area contributed by atoms with Crippen LogP contribution in [0.1, 0.15) is 23.2 Å². The minimum absolute atomic E-state index is 0.319. The van der Waals surface area contributed by atoms with Gasteiger partial charge >= 0.3 is 15.5 Å². The molecule has 0 amide bonds. The Morgan fingerprint density at radius 2 is 1.91 bits per heavy atom. The predicted molar refractivity (Wildman–Crippen MR) is 122 cm³/mol. The Kier molecular flexibility index (Phi) is 6.85. The van der Waals surface area contributed by atoms with Crippen molar-refractivity contribution < 1.29 is 26.3 Å². The van der Waals surface area contributed by atoms with Crippen LogP contribution in [-0.4, -0.2) is 47.9 Å². The Morgan fingerprint density at radius 3 is 2.56 bits per heavy atom. The van der Waals surface area contributed by atoms with E-state index >= 15 is 0 Å². The second-order valence-electron chi connectivity index (χ2n) is 8.08. The van der Waals surface area contributed by atoms with Gasteiger partial charge in [-0.15, -0.1) is 0 Å². The topological polar surface area (TPSA) is 78.5 Å². The van der Waals surface area contributed by atoms with Crippen LogP contribution in [0.25, 0.3) is 0 Å². The lowest BCUT2D eigenvalue weighted by molar-refractivity contribution is -0.0492. The van der Waals surface area contributed by atoms with Crippen LogP contribution in [0, 0.1) is 0 Å². The summed E-state index contributed by atoms with van der Waals surface area (Å²) in [7, 11) is -4.15. The van der Waals surface area contributed by atoms with Crippen molar-refractivity contribution in [2.75, 3.05) is 18.6 Å². The number of imidazole rings is 1. The molecule has 2 aromatic carbocycles. The highest BCUT2D eigenvalue weighted by molar-refractivity contribution is 7.89. The number of sulfonamides is 1. The zero-order chi connectivity index (χ0) is 24.3. The van der Waals surface area contributed by atoms with E-state index in [9.17, 15) is 21.6 Å². The molecular formula is C23H25F3N4O3S. The standard InChI is InChI=1S/C23H25F3N4O3S/c1-33-22-9-5-8-21-20(22)15-29(34(31,32)23(24,25)26)14-19(11-10-17-6-3-2-4-7-17)30(21)13-18-12-27-16-28-18/h2-9,12,16,19H,10-11,13-15H2,1H3,(H,27,28)/t19-/m1/s1. The fourth-order valence-electron chi connectivity index (χ4n) is 4.27. The lowest BCUT2D eigenvalue weighted by Crippen LogP contribution is -2.47. The molecule has 0 saturated carbocycles. The van der Waals surface area contributed by atoms with Crippen molar-refractivity contribution in [3.63, 3.8) is 0 Å². The molecule has 0 spiro atoms. The van der Waals surface area contributed by atoms with Crippen LogP contribution in [0.15, 0.2) is 61.1 Å². The van der Waals surface area contributed by atoms with Crippen molar-refractivity contribution in [1.82, 2.24) is 14.3 Å². The Morgan fingerprint density at radius 1 is 1.15 bits per heavy atom. The molecule has 7 nitrogen and oxygen atoms in total. The first-order valence-electron chi connectivity index (χ1n) is 10.7. The van der Waals surface area contributed by atoms with Gasteiger partial charge in [0, 0.05) is 36.6 Å². The SMILES string of the molecule is COc1cccc2c1CN(S(=O)(=O)C(F)(F)F)C[C@@H](CCc1ccccc1)N2Cc1cnc[nH]1. The van der Waals surface area contributed by atoms with Gasteiger partial charge in [-0.05, 0) is 30.5 Å². The summed E-state index contributed by atoms with van der Waals surface area (Å²) in [6.45, 7) is -0.442. The van der Waals surface area contributed by atoms with E-state index in [2.05, 4.69) is 9.97 Å². The number of anilines is 1. The molecule has 1 aromatic heterocycles. The van der Waals surface area contributed by atoms with Crippen molar-refractivity contribution in [1.29, 1.82) is 0 Å². The Balaban J connectivity index is 1.80. The van der Waals surface area contributed by atoms with Crippen molar-refractivity contribution in [3.8, 4) is 5.75 Å². The number of rotatable bonds is 7. The highest BCUT2D eigenvalue weighted by Gasteiger charge is 2.51. The first-order valence-corrected chi connectivity index (χ1v) is 12.1. The number of aryl methyl sites for hydroxylation is 1. The van der Waals surface area contributed by atoms with E-state index in [1.807, 2.05) is 35.2 Å². The van der Waals surface area contributed by atoms with E-state index in [0.29, 0.717) is 40.7 Å². The molecule has 34 heavy (non-hydrogen) atoms. The van der Waals surface area contributed by atoms with E-state index in [0.717, 1.165) is 11.3 Å². The summed E-state index contributed by atoms with van der Waals surface area (Å²) in [5.74, 6) is 0.332. The maximum Gasteiger partial charge on any atom is 0.511 e. The van der Waals surface area contributed by atoms with Crippen molar-refractivity contribution in [2.45, 2.75) is 37.5 Å². The summed E-state index contributed by atoms with van der Waals surface area (Å²) in [5.41, 5.74) is -2.61. The Bertz CT molecular complexity index is 1200. The van der Waals surface area contributed by atoms with Crippen LogP contribution >= 0.6 is 0 Å². The molecule has 3 aromatic rings. The van der Waals surface area contributed by atoms with Crippen LogP contribution in [0.2, 0.25) is 0 Å². The van der Waals surface area contributed by atoms with Gasteiger partial charge in [0.25, 0.3) is 0 Å². The zero-order valence-electron chi connectivity index (χ0n) is 18.5. The average Bonchev–Trinajstić information content (AvgIpc) is 3.27. The van der Waals surface area contributed by atoms with Gasteiger partial charge < -0.3 is 14.6 Å². The summed E-state index contributed by atoms with van der Waals surface area (Å²) >= 11 is 0. The minimum Gasteiger partial charge on any atom is -0.496 e. The molecule has 11 heteroatoms. The number of ether oxygens (including phenoxy) is 1. The number of hydrogen-bond donors (Lipinski definition) is 1. The number of alkyl halides is 3. The third kappa shape index (κ3) is 4.90. The molecule has 0 unspecified atom stereocenters. The number of halogens is 3. The van der Waals surface area contributed by atoms with Gasteiger partial charge in [0.05, 0.1) is 25.7 Å². The lowest BCUT2D eigenvalue weighted by Gasteiger charge is -2.34. The molecular weight excluding hydrogens is 469 g/mol. The predicted octanol–water partition coefficient (Wildman–Crippen LogP) is 4.09. The zero-order valence-corrected chi connectivity index (χ0v) is 19.3. The number of hydrogen-bond acceptors (Lipinski definition) is 5. The third-order valence-corrected chi connectivity index (χ3v) is 7.51. The summed E-state index contributed by atoms with van der Waals surface area (Å²) in [6.07, 6.45) is 4.19. The van der Waals surface area contributed by atoms with Crippen molar-refractivity contribution >= 4 is 15.7 Å². The molecule has 1 aliphatic rings. The quantitative estimate of drug-likeness (QED) is 0.535. The summed E-state index contributed by atoms with van der Waals surface area (Å²) < 4.78 is 71.8. The number of aromatic nitrogens is 2. The number of nitrogens with zero attached hydrogens (tertiary/aromatic N) is 3. The van der Waals surface area contributed by atoms with E-state index in [4.69, 9.17) is 4.74 Å². The third-order valence-electron chi connectivity index (χ3n) is 5.96. The second kappa shape index (κ2) is 9.67. The van der Waals surface area contributed by atoms with E-state index in [1.54, 1.807) is 24.4 Å².